The molecule has 0 aromatic heterocycles. The average molecular weight is 511 g/mol. The molecule has 2 aromatic carbocycles. The van der Waals surface area contributed by atoms with E-state index in [1.807, 2.05) is 36.4 Å². The fraction of sp³-hybridized carbons (Fsp3) is 0.571. The first-order chi connectivity index (χ1) is 17.2. The van der Waals surface area contributed by atoms with Gasteiger partial charge in [-0.3, -0.25) is 4.90 Å². The Balaban J connectivity index is 1.30. The van der Waals surface area contributed by atoms with Gasteiger partial charge in [0.2, 0.25) is 10.0 Å². The average Bonchev–Trinajstić information content (AvgIpc) is 3.59. The first-order valence-electron chi connectivity index (χ1n) is 13.2. The molecule has 0 amide bonds. The van der Waals surface area contributed by atoms with Gasteiger partial charge in [-0.25, -0.2) is 8.42 Å². The van der Waals surface area contributed by atoms with E-state index in [4.69, 9.17) is 4.74 Å². The van der Waals surface area contributed by atoms with E-state index in [9.17, 15) is 18.6 Å². The Kier molecular flexibility index (Phi) is 4.92. The normalized spacial score (nSPS) is 34.9. The van der Waals surface area contributed by atoms with Crippen molar-refractivity contribution in [1.82, 2.24) is 9.21 Å². The van der Waals surface area contributed by atoms with E-state index in [0.717, 1.165) is 42.1 Å². The number of sulfonamides is 1. The molecule has 7 rings (SSSR count). The first-order valence-corrected chi connectivity index (χ1v) is 14.8. The van der Waals surface area contributed by atoms with Crippen molar-refractivity contribution in [2.24, 2.45) is 5.92 Å². The number of phenolic OH excluding ortho intramolecular Hbond substituents is 1. The number of nitrogens with zero attached hydrogens (tertiary/aromatic N) is 2. The van der Waals surface area contributed by atoms with Gasteiger partial charge in [-0.1, -0.05) is 36.4 Å². The lowest BCUT2D eigenvalue weighted by molar-refractivity contribution is -0.195. The number of aliphatic hydroxyl groups is 1. The summed E-state index contributed by atoms with van der Waals surface area (Å²) in [6.07, 6.45) is 4.45. The van der Waals surface area contributed by atoms with Crippen molar-refractivity contribution in [2.75, 3.05) is 20.1 Å². The van der Waals surface area contributed by atoms with Crippen molar-refractivity contribution in [2.45, 2.75) is 73.5 Å². The summed E-state index contributed by atoms with van der Waals surface area (Å²) < 4.78 is 35.2. The highest BCUT2D eigenvalue weighted by Gasteiger charge is 2.73. The zero-order chi connectivity index (χ0) is 24.9. The summed E-state index contributed by atoms with van der Waals surface area (Å²) in [5.41, 5.74) is 1.05. The van der Waals surface area contributed by atoms with E-state index < -0.39 is 33.2 Å². The third kappa shape index (κ3) is 3.04. The van der Waals surface area contributed by atoms with Crippen molar-refractivity contribution in [3.8, 4) is 11.5 Å². The van der Waals surface area contributed by atoms with Gasteiger partial charge in [0, 0.05) is 25.2 Å². The molecule has 36 heavy (non-hydrogen) atoms. The van der Waals surface area contributed by atoms with Crippen LogP contribution >= 0.6 is 0 Å². The van der Waals surface area contributed by atoms with Crippen LogP contribution in [0.3, 0.4) is 0 Å². The minimum atomic E-state index is -3.63. The molecule has 0 unspecified atom stereocenters. The van der Waals surface area contributed by atoms with Crippen LogP contribution in [0.25, 0.3) is 0 Å². The lowest BCUT2D eigenvalue weighted by Crippen LogP contribution is -2.78. The highest BCUT2D eigenvalue weighted by molar-refractivity contribution is 7.88. The maximum absolute atomic E-state index is 13.6. The monoisotopic (exact) mass is 510 g/mol. The molecule has 0 radical (unpaired) electrons. The molecule has 2 heterocycles. The van der Waals surface area contributed by atoms with Crippen molar-refractivity contribution >= 4 is 10.0 Å². The second kappa shape index (κ2) is 7.69. The van der Waals surface area contributed by atoms with Crippen LogP contribution < -0.4 is 4.74 Å². The molecule has 1 saturated heterocycles. The Hall–Kier alpha value is -2.13. The molecule has 192 valence electrons. The summed E-state index contributed by atoms with van der Waals surface area (Å²) in [6.45, 7) is 1.87. The Morgan fingerprint density at radius 2 is 1.89 bits per heavy atom. The van der Waals surface area contributed by atoms with Crippen LogP contribution in [0.1, 0.15) is 48.8 Å². The number of ether oxygens (including phenoxy) is 1. The summed E-state index contributed by atoms with van der Waals surface area (Å²) in [7, 11) is -1.98. The quantitative estimate of drug-likeness (QED) is 0.621. The summed E-state index contributed by atoms with van der Waals surface area (Å²) in [4.78, 5) is 2.49. The lowest BCUT2D eigenvalue weighted by atomic mass is 9.48. The number of likely N-dealkylation sites (tertiary alicyclic amines) is 1. The molecule has 2 aromatic rings. The Labute approximate surface area is 212 Å². The van der Waals surface area contributed by atoms with Gasteiger partial charge < -0.3 is 14.9 Å². The van der Waals surface area contributed by atoms with Crippen molar-refractivity contribution < 1.29 is 23.4 Å². The molecule has 3 fully saturated rings. The second-order valence-electron chi connectivity index (χ2n) is 11.7. The first kappa shape index (κ1) is 23.0. The SMILES string of the molecule is CN([C@@H]1CC[C@@]2(O)[C@@H]3Cc4ccc(O)c5c4[C@@]2(CCN3CC2CC2)[C@H]1O5)S(=O)(=O)Cc1ccccc1. The Bertz CT molecular complexity index is 1310. The fourth-order valence-electron chi connectivity index (χ4n) is 7.92. The minimum absolute atomic E-state index is 0.0203. The molecular formula is C28H34N2O5S. The highest BCUT2D eigenvalue weighted by Crippen LogP contribution is 2.66. The van der Waals surface area contributed by atoms with Crippen molar-refractivity contribution in [3.05, 3.63) is 59.2 Å². The van der Waals surface area contributed by atoms with Gasteiger partial charge >= 0.3 is 0 Å². The van der Waals surface area contributed by atoms with Crippen LogP contribution in [0.2, 0.25) is 0 Å². The van der Waals surface area contributed by atoms with Crippen molar-refractivity contribution in [1.29, 1.82) is 0 Å². The van der Waals surface area contributed by atoms with E-state index in [1.165, 1.54) is 17.1 Å². The van der Waals surface area contributed by atoms with E-state index in [1.54, 1.807) is 13.1 Å². The topological polar surface area (TPSA) is 90.3 Å². The molecule has 8 heteroatoms. The molecule has 1 spiro atoms. The number of hydrogen-bond donors (Lipinski definition) is 2. The predicted octanol–water partition coefficient (Wildman–Crippen LogP) is 2.79. The molecule has 2 bridgehead atoms. The van der Waals surface area contributed by atoms with E-state index in [2.05, 4.69) is 4.90 Å². The maximum atomic E-state index is 13.6. The molecule has 2 aliphatic heterocycles. The molecule has 5 atom stereocenters. The van der Waals surface area contributed by atoms with E-state index in [-0.39, 0.29) is 17.5 Å². The number of aromatic hydroxyl groups is 1. The maximum Gasteiger partial charge on any atom is 0.218 e. The zero-order valence-electron chi connectivity index (χ0n) is 20.6. The van der Waals surface area contributed by atoms with Gasteiger partial charge in [-0.05, 0) is 68.2 Å². The third-order valence-corrected chi connectivity index (χ3v) is 11.7. The molecular weight excluding hydrogens is 476 g/mol. The van der Waals surface area contributed by atoms with Crippen LogP contribution in [-0.2, 0) is 27.6 Å². The Morgan fingerprint density at radius 3 is 2.64 bits per heavy atom. The number of rotatable bonds is 6. The molecule has 2 saturated carbocycles. The number of phenols is 1. The Morgan fingerprint density at radius 1 is 1.11 bits per heavy atom. The van der Waals surface area contributed by atoms with Gasteiger partial charge in [0.1, 0.15) is 6.10 Å². The van der Waals surface area contributed by atoms with Gasteiger partial charge in [-0.15, -0.1) is 0 Å². The van der Waals surface area contributed by atoms with Crippen LogP contribution in [0, 0.1) is 5.92 Å². The largest absolute Gasteiger partial charge is 0.504 e. The minimum Gasteiger partial charge on any atom is -0.504 e. The van der Waals surface area contributed by atoms with Crippen LogP contribution in [0.5, 0.6) is 11.5 Å². The second-order valence-corrected chi connectivity index (χ2v) is 13.7. The van der Waals surface area contributed by atoms with Gasteiger partial charge in [0.25, 0.3) is 0 Å². The molecule has 3 aliphatic carbocycles. The van der Waals surface area contributed by atoms with E-state index >= 15 is 0 Å². The van der Waals surface area contributed by atoms with Gasteiger partial charge in [0.15, 0.2) is 11.5 Å². The number of hydrogen-bond acceptors (Lipinski definition) is 6. The lowest BCUT2D eigenvalue weighted by Gasteiger charge is -2.64. The van der Waals surface area contributed by atoms with E-state index in [0.29, 0.717) is 25.0 Å². The number of piperidine rings is 1. The number of benzene rings is 2. The fourth-order valence-corrected chi connectivity index (χ4v) is 9.37. The van der Waals surface area contributed by atoms with Crippen molar-refractivity contribution in [3.63, 3.8) is 0 Å². The van der Waals surface area contributed by atoms with Crippen LogP contribution in [0.4, 0.5) is 0 Å². The van der Waals surface area contributed by atoms with Gasteiger partial charge in [-0.2, -0.15) is 4.31 Å². The van der Waals surface area contributed by atoms with Crippen LogP contribution in [-0.4, -0.2) is 71.8 Å². The number of likely N-dealkylation sites (N-methyl/N-ethyl adjacent to an activating group) is 1. The van der Waals surface area contributed by atoms with Gasteiger partial charge in [0.05, 0.1) is 22.8 Å². The summed E-state index contributed by atoms with van der Waals surface area (Å²) >= 11 is 0. The summed E-state index contributed by atoms with van der Waals surface area (Å²) in [6, 6.07) is 12.5. The third-order valence-electron chi connectivity index (χ3n) is 9.83. The van der Waals surface area contributed by atoms with Crippen LogP contribution in [0.15, 0.2) is 42.5 Å². The molecule has 2 N–H and O–H groups in total. The highest BCUT2D eigenvalue weighted by atomic mass is 32.2. The molecule has 5 aliphatic rings. The summed E-state index contributed by atoms with van der Waals surface area (Å²) in [5, 5.41) is 23.4. The standard InChI is InChI=1S/C28H34N2O5S/c1-29(36(33,34)17-19-5-3-2-4-6-19)21-11-12-28(32)23-15-20-9-10-22(31)25-24(20)27(28,26(21)35-25)13-14-30(23)16-18-7-8-18/h2-6,9-10,18,21,23,26,31-32H,7-8,11-17H2,1H3/t21-,23+,26+,27+,28-/m1/s1. The molecule has 7 nitrogen and oxygen atoms in total. The zero-order valence-corrected chi connectivity index (χ0v) is 21.5. The smallest absolute Gasteiger partial charge is 0.218 e. The predicted molar refractivity (Wildman–Crippen MR) is 135 cm³/mol. The summed E-state index contributed by atoms with van der Waals surface area (Å²) in [5.74, 6) is 1.17.